The van der Waals surface area contributed by atoms with Gasteiger partial charge in [0.05, 0.1) is 0 Å². The van der Waals surface area contributed by atoms with Crippen molar-refractivity contribution in [2.24, 2.45) is 0 Å². The molecule has 5 heteroatoms. The second-order valence-corrected chi connectivity index (χ2v) is 8.96. The van der Waals surface area contributed by atoms with Crippen LogP contribution in [0.1, 0.15) is 33.4 Å². The molecule has 3 aromatic heterocycles. The number of fused-ring (bicyclic) bond motifs is 1. The minimum atomic E-state index is 0.801. The Labute approximate surface area is 234 Å². The molecule has 0 aliphatic carbocycles. The summed E-state index contributed by atoms with van der Waals surface area (Å²) < 4.78 is 0. The van der Waals surface area contributed by atoms with E-state index in [1.165, 1.54) is 0 Å². The third kappa shape index (κ3) is 7.88. The van der Waals surface area contributed by atoms with Crippen LogP contribution in [-0.4, -0.2) is 47.5 Å². The summed E-state index contributed by atoms with van der Waals surface area (Å²) in [5, 5.41) is 4.33. The molecule has 5 nitrogen and oxygen atoms in total. The molecule has 0 atom stereocenters. The Morgan fingerprint density at radius 3 is 2.38 bits per heavy atom. The summed E-state index contributed by atoms with van der Waals surface area (Å²) in [5.74, 6) is 0. The second-order valence-electron chi connectivity index (χ2n) is 8.96. The van der Waals surface area contributed by atoms with E-state index in [1.54, 1.807) is 6.20 Å². The van der Waals surface area contributed by atoms with Gasteiger partial charge in [-0.2, -0.15) is 0 Å². The maximum absolute atomic E-state index is 4.57. The van der Waals surface area contributed by atoms with Crippen LogP contribution in [0.25, 0.3) is 27.7 Å². The van der Waals surface area contributed by atoms with Crippen molar-refractivity contribution in [3.63, 3.8) is 0 Å². The van der Waals surface area contributed by atoms with Crippen molar-refractivity contribution in [3.05, 3.63) is 127 Å². The van der Waals surface area contributed by atoms with Crippen molar-refractivity contribution in [3.8, 4) is 11.1 Å². The highest BCUT2D eigenvalue weighted by Crippen LogP contribution is 2.33. The molecule has 0 fully saturated rings. The van der Waals surface area contributed by atoms with Gasteiger partial charge in [0.2, 0.25) is 0 Å². The lowest BCUT2D eigenvalue weighted by Crippen LogP contribution is -2.14. The maximum atomic E-state index is 4.57. The molecule has 204 valence electrons. The topological polar surface area (TPSA) is 56.8 Å². The molecule has 0 saturated carbocycles. The minimum absolute atomic E-state index is 0.801. The normalized spacial score (nSPS) is 12.7. The first-order valence-corrected chi connectivity index (χ1v) is 13.3. The first-order chi connectivity index (χ1) is 18.8. The highest BCUT2D eigenvalue weighted by Gasteiger charge is 2.16. The number of hydrogen-bond acceptors (Lipinski definition) is 4. The number of nitrogens with one attached hydrogen (secondary N) is 2. The van der Waals surface area contributed by atoms with E-state index in [0.29, 0.717) is 0 Å². The van der Waals surface area contributed by atoms with Crippen LogP contribution in [0.5, 0.6) is 0 Å². The molecule has 0 aliphatic heterocycles. The van der Waals surface area contributed by atoms with Crippen LogP contribution in [0.3, 0.4) is 0 Å². The lowest BCUT2D eigenvalue weighted by atomic mass is 9.95. The van der Waals surface area contributed by atoms with Crippen molar-refractivity contribution < 1.29 is 0 Å². The first kappa shape index (κ1) is 31.0. The van der Waals surface area contributed by atoms with Gasteiger partial charge in [0.25, 0.3) is 0 Å². The number of H-pyrrole nitrogens is 1. The molecular formula is C34H43N5. The van der Waals surface area contributed by atoms with Gasteiger partial charge in [0.1, 0.15) is 5.65 Å². The fourth-order valence-corrected chi connectivity index (χ4v) is 4.22. The van der Waals surface area contributed by atoms with E-state index in [0.717, 1.165) is 68.0 Å². The molecule has 0 radical (unpaired) electrons. The highest BCUT2D eigenvalue weighted by molar-refractivity contribution is 5.96. The Morgan fingerprint density at radius 2 is 1.82 bits per heavy atom. The Morgan fingerprint density at radius 1 is 1.08 bits per heavy atom. The predicted molar refractivity (Wildman–Crippen MR) is 170 cm³/mol. The molecule has 39 heavy (non-hydrogen) atoms. The fraction of sp³-hybridized carbons (Fsp3) is 0.235. The smallest absolute Gasteiger partial charge is 0.138 e. The molecule has 0 bridgehead atoms. The third-order valence-electron chi connectivity index (χ3n) is 6.11. The monoisotopic (exact) mass is 521 g/mol. The van der Waals surface area contributed by atoms with Gasteiger partial charge < -0.3 is 15.2 Å². The molecular weight excluding hydrogens is 478 g/mol. The molecule has 2 N–H and O–H groups in total. The first-order valence-electron chi connectivity index (χ1n) is 13.3. The molecule has 3 heterocycles. The summed E-state index contributed by atoms with van der Waals surface area (Å²) >= 11 is 0. The molecule has 0 unspecified atom stereocenters. The van der Waals surface area contributed by atoms with Gasteiger partial charge in [0, 0.05) is 65.7 Å². The van der Waals surface area contributed by atoms with Crippen LogP contribution in [0.2, 0.25) is 0 Å². The summed E-state index contributed by atoms with van der Waals surface area (Å²) in [6.45, 7) is 21.7. The van der Waals surface area contributed by atoms with E-state index in [4.69, 9.17) is 0 Å². The zero-order valence-corrected chi connectivity index (χ0v) is 24.6. The zero-order chi connectivity index (χ0) is 28.9. The largest absolute Gasteiger partial charge is 0.388 e. The van der Waals surface area contributed by atoms with Gasteiger partial charge in [-0.1, -0.05) is 64.0 Å². The third-order valence-corrected chi connectivity index (χ3v) is 6.11. The average molecular weight is 522 g/mol. The van der Waals surface area contributed by atoms with Crippen molar-refractivity contribution in [2.75, 3.05) is 27.7 Å². The van der Waals surface area contributed by atoms with Crippen molar-refractivity contribution in [1.29, 1.82) is 0 Å². The number of hydrogen-bond donors (Lipinski definition) is 2. The van der Waals surface area contributed by atoms with Crippen LogP contribution >= 0.6 is 0 Å². The number of allylic oxidation sites excluding steroid dienone is 7. The minimum Gasteiger partial charge on any atom is -0.388 e. The van der Waals surface area contributed by atoms with Crippen molar-refractivity contribution in [1.82, 2.24) is 25.2 Å². The second kappa shape index (κ2) is 15.3. The van der Waals surface area contributed by atoms with E-state index < -0.39 is 0 Å². The van der Waals surface area contributed by atoms with Crippen molar-refractivity contribution in [2.45, 2.75) is 27.7 Å². The number of rotatable bonds is 11. The summed E-state index contributed by atoms with van der Waals surface area (Å²) in [7, 11) is 6.00. The van der Waals surface area contributed by atoms with Crippen LogP contribution in [0, 0.1) is 0 Å². The van der Waals surface area contributed by atoms with Crippen molar-refractivity contribution >= 4 is 16.6 Å². The van der Waals surface area contributed by atoms with Gasteiger partial charge in [0.15, 0.2) is 0 Å². The van der Waals surface area contributed by atoms with Crippen LogP contribution < -0.4 is 5.32 Å². The number of aromatic nitrogens is 3. The Kier molecular flexibility index (Phi) is 12.1. The summed E-state index contributed by atoms with van der Waals surface area (Å²) in [6, 6.07) is 8.11. The zero-order valence-electron chi connectivity index (χ0n) is 24.6. The van der Waals surface area contributed by atoms with E-state index in [-0.39, 0.29) is 0 Å². The molecule has 0 spiro atoms. The molecule has 3 aromatic rings. The van der Waals surface area contributed by atoms with Crippen LogP contribution in [0.4, 0.5) is 0 Å². The number of aromatic amines is 1. The van der Waals surface area contributed by atoms with Gasteiger partial charge in [-0.25, -0.2) is 4.98 Å². The molecule has 0 amide bonds. The Hall–Kier alpha value is -4.22. The Balaban J connectivity index is 0.00000260. The lowest BCUT2D eigenvalue weighted by Gasteiger charge is -2.16. The highest BCUT2D eigenvalue weighted by atomic mass is 15.0. The van der Waals surface area contributed by atoms with Gasteiger partial charge in [-0.05, 0) is 74.5 Å². The molecule has 3 rings (SSSR count). The van der Waals surface area contributed by atoms with Crippen LogP contribution in [0.15, 0.2) is 121 Å². The van der Waals surface area contributed by atoms with E-state index in [9.17, 15) is 0 Å². The molecule has 0 aromatic carbocycles. The summed E-state index contributed by atoms with van der Waals surface area (Å²) in [6.07, 6.45) is 15.7. The average Bonchev–Trinajstić information content (AvgIpc) is 3.40. The van der Waals surface area contributed by atoms with E-state index in [2.05, 4.69) is 75.3 Å². The maximum Gasteiger partial charge on any atom is 0.138 e. The van der Waals surface area contributed by atoms with Crippen LogP contribution in [-0.2, 0) is 0 Å². The fourth-order valence-electron chi connectivity index (χ4n) is 4.22. The number of nitrogens with zero attached hydrogens (tertiary/aromatic N) is 3. The van der Waals surface area contributed by atoms with E-state index >= 15 is 0 Å². The summed E-state index contributed by atoms with van der Waals surface area (Å²) in [5.41, 5.74) is 9.60. The number of pyridine rings is 2. The van der Waals surface area contributed by atoms with Gasteiger partial charge in [-0.15, -0.1) is 0 Å². The standard InChI is InChI=1S/C32H37N5.C2H6/c1-9-24(21-37(7)8)18-25(10-2)22(4)17-28(30(11-3)33-6)23(5)31-19-29-27(14-16-35-32(29)36-31)26-13-12-15-34-20-26;1-2/h9-20,33H,1,4-5,21H2,2-3,6-8H3,(H,35,36);1-2H3/b24-18+,25-10+,28-17-,30-11+;. The van der Waals surface area contributed by atoms with Gasteiger partial charge >= 0.3 is 0 Å². The Bertz CT molecular complexity index is 1410. The predicted octanol–water partition coefficient (Wildman–Crippen LogP) is 7.89. The summed E-state index contributed by atoms with van der Waals surface area (Å²) in [4.78, 5) is 14.4. The lowest BCUT2D eigenvalue weighted by molar-refractivity contribution is 0.449. The van der Waals surface area contributed by atoms with Gasteiger partial charge in [-0.3, -0.25) is 4.98 Å². The molecule has 0 aliphatic rings. The molecule has 0 saturated heterocycles. The SMILES string of the molecule is C=C/C(=C\C(=C/C)C(=C)/C=C(C(=C)c1cc2c(-c3cccnc3)ccnc2[nH]1)\C(=C/C)NC)CN(C)C.CC. The number of likely N-dealkylation sites (N-methyl/N-ethyl adjacent to an activating group) is 2. The van der Waals surface area contributed by atoms with E-state index in [1.807, 2.05) is 85.5 Å². The quantitative estimate of drug-likeness (QED) is 0.252.